The lowest BCUT2D eigenvalue weighted by molar-refractivity contribution is 0.0602. The lowest BCUT2D eigenvalue weighted by Gasteiger charge is -2.34. The maximum absolute atomic E-state index is 11.6. The van der Waals surface area contributed by atoms with Gasteiger partial charge >= 0.3 is 6.09 Å². The Hall–Kier alpha value is -0.553. The Morgan fingerprint density at radius 3 is 2.71 bits per heavy atom. The summed E-state index contributed by atoms with van der Waals surface area (Å²) in [4.78, 5) is 13.4. The van der Waals surface area contributed by atoms with Gasteiger partial charge in [0.2, 0.25) is 0 Å². The van der Waals surface area contributed by atoms with Gasteiger partial charge in [0.1, 0.15) is 0 Å². The first-order valence-corrected chi connectivity index (χ1v) is 9.89. The summed E-state index contributed by atoms with van der Waals surface area (Å²) in [6.07, 6.45) is 1.93. The quantitative estimate of drug-likeness (QED) is 0.729. The van der Waals surface area contributed by atoms with Gasteiger partial charge in [0, 0.05) is 19.0 Å². The third-order valence-corrected chi connectivity index (χ3v) is 4.48. The number of amides is 1. The van der Waals surface area contributed by atoms with Gasteiger partial charge in [-0.3, -0.25) is 0 Å². The minimum atomic E-state index is -1.47. The first kappa shape index (κ1) is 12.9. The van der Waals surface area contributed by atoms with E-state index in [0.29, 0.717) is 12.5 Å². The fraction of sp³-hybridized carbons (Fsp3) is 0.917. The highest BCUT2D eigenvalue weighted by Crippen LogP contribution is 2.53. The minimum absolute atomic E-state index is 0.105. The Labute approximate surface area is 104 Å². The van der Waals surface area contributed by atoms with Crippen LogP contribution in [-0.4, -0.2) is 44.6 Å². The molecule has 0 N–H and O–H groups in total. The van der Waals surface area contributed by atoms with Crippen LogP contribution in [0.15, 0.2) is 0 Å². The van der Waals surface area contributed by atoms with E-state index in [1.54, 1.807) is 0 Å². The summed E-state index contributed by atoms with van der Waals surface area (Å²) < 4.78 is 11.3. The molecule has 0 aromatic rings. The molecular formula is C12H23NO3Si. The molecule has 1 saturated heterocycles. The molecule has 1 heterocycles. The molecule has 2 atom stereocenters. The monoisotopic (exact) mass is 257 g/mol. The number of ether oxygens (including phenoxy) is 1. The van der Waals surface area contributed by atoms with E-state index in [2.05, 4.69) is 19.6 Å². The normalized spacial score (nSPS) is 32.0. The molecule has 98 valence electrons. The van der Waals surface area contributed by atoms with Crippen molar-refractivity contribution in [3.8, 4) is 0 Å². The highest BCUT2D eigenvalue weighted by molar-refractivity contribution is 6.69. The molecular weight excluding hydrogens is 234 g/mol. The van der Waals surface area contributed by atoms with Crippen molar-refractivity contribution in [2.24, 2.45) is 5.92 Å². The van der Waals surface area contributed by atoms with E-state index in [9.17, 15) is 4.79 Å². The number of hydrogen-bond acceptors (Lipinski definition) is 3. The summed E-state index contributed by atoms with van der Waals surface area (Å²) in [7, 11) is -1.47. The molecule has 0 bridgehead atoms. The number of fused-ring (bicyclic) bond motifs is 1. The van der Waals surface area contributed by atoms with Gasteiger partial charge in [-0.05, 0) is 39.4 Å². The van der Waals surface area contributed by atoms with Crippen molar-refractivity contribution in [3.63, 3.8) is 0 Å². The highest BCUT2D eigenvalue weighted by Gasteiger charge is 2.59. The Kier molecular flexibility index (Phi) is 3.25. The first-order valence-electron chi connectivity index (χ1n) is 6.48. The number of nitrogens with zero attached hydrogens (tertiary/aromatic N) is 1. The van der Waals surface area contributed by atoms with Crippen LogP contribution in [0.5, 0.6) is 0 Å². The van der Waals surface area contributed by atoms with Crippen LogP contribution in [0.3, 0.4) is 0 Å². The second-order valence-corrected chi connectivity index (χ2v) is 10.5. The molecule has 0 spiro atoms. The summed E-state index contributed by atoms with van der Waals surface area (Å²) in [6.45, 7) is 10.6. The minimum Gasteiger partial charge on any atom is -0.450 e. The molecule has 1 amide bonds. The van der Waals surface area contributed by atoms with Crippen LogP contribution in [0.4, 0.5) is 4.79 Å². The third kappa shape index (κ3) is 2.82. The zero-order valence-electron chi connectivity index (χ0n) is 11.3. The van der Waals surface area contributed by atoms with Crippen LogP contribution in [-0.2, 0) is 9.16 Å². The van der Waals surface area contributed by atoms with Crippen LogP contribution in [0.1, 0.15) is 19.8 Å². The zero-order chi connectivity index (χ0) is 12.7. The molecule has 1 saturated carbocycles. The van der Waals surface area contributed by atoms with E-state index >= 15 is 0 Å². The van der Waals surface area contributed by atoms with Crippen molar-refractivity contribution in [1.82, 2.24) is 4.90 Å². The molecule has 2 aliphatic rings. The Balaban J connectivity index is 1.88. The SMILES string of the molecule is CCOC(=O)N1CCC2(O[Si](C)(C)C)CC2C1. The Morgan fingerprint density at radius 1 is 1.47 bits per heavy atom. The highest BCUT2D eigenvalue weighted by atomic mass is 28.4. The summed E-state index contributed by atoms with van der Waals surface area (Å²) >= 11 is 0. The standard InChI is InChI=1S/C12H23NO3Si/c1-5-15-11(14)13-7-6-12(8-10(12)9-13)16-17(2,3)4/h10H,5-9H2,1-4H3. The molecule has 1 aliphatic carbocycles. The van der Waals surface area contributed by atoms with Gasteiger partial charge < -0.3 is 14.1 Å². The predicted molar refractivity (Wildman–Crippen MR) is 68.5 cm³/mol. The van der Waals surface area contributed by atoms with Crippen LogP contribution in [0, 0.1) is 5.92 Å². The van der Waals surface area contributed by atoms with Crippen LogP contribution in [0.2, 0.25) is 19.6 Å². The fourth-order valence-corrected chi connectivity index (χ4v) is 4.31. The van der Waals surface area contributed by atoms with Crippen LogP contribution < -0.4 is 0 Å². The van der Waals surface area contributed by atoms with E-state index in [1.807, 2.05) is 11.8 Å². The topological polar surface area (TPSA) is 38.8 Å². The maximum Gasteiger partial charge on any atom is 0.409 e. The van der Waals surface area contributed by atoms with Gasteiger partial charge in [0.05, 0.1) is 12.2 Å². The largest absolute Gasteiger partial charge is 0.450 e. The Morgan fingerprint density at radius 2 is 2.18 bits per heavy atom. The first-order chi connectivity index (χ1) is 7.86. The lowest BCUT2D eigenvalue weighted by Crippen LogP contribution is -2.45. The maximum atomic E-state index is 11.6. The van der Waals surface area contributed by atoms with Crippen molar-refractivity contribution < 1.29 is 14.0 Å². The second-order valence-electron chi connectivity index (χ2n) is 6.08. The number of hydrogen-bond donors (Lipinski definition) is 0. The fourth-order valence-electron chi connectivity index (χ4n) is 2.74. The Bertz CT molecular complexity index is 315. The lowest BCUT2D eigenvalue weighted by atomic mass is 10.1. The molecule has 17 heavy (non-hydrogen) atoms. The van der Waals surface area contributed by atoms with Crippen molar-refractivity contribution >= 4 is 14.4 Å². The second kappa shape index (κ2) is 4.28. The molecule has 4 nitrogen and oxygen atoms in total. The average molecular weight is 257 g/mol. The van der Waals surface area contributed by atoms with E-state index in [-0.39, 0.29) is 11.7 Å². The summed E-state index contributed by atoms with van der Waals surface area (Å²) in [6, 6.07) is 0. The number of carbonyl (C=O) groups excluding carboxylic acids is 1. The molecule has 0 aromatic carbocycles. The average Bonchev–Trinajstić information content (AvgIpc) is 2.87. The van der Waals surface area contributed by atoms with Gasteiger partial charge in [0.15, 0.2) is 8.32 Å². The van der Waals surface area contributed by atoms with E-state index in [0.717, 1.165) is 25.9 Å². The van der Waals surface area contributed by atoms with Crippen LogP contribution >= 0.6 is 0 Å². The number of piperidine rings is 1. The number of carbonyl (C=O) groups is 1. The third-order valence-electron chi connectivity index (χ3n) is 3.46. The molecule has 2 rings (SSSR count). The van der Waals surface area contributed by atoms with Gasteiger partial charge in [-0.1, -0.05) is 0 Å². The smallest absolute Gasteiger partial charge is 0.409 e. The molecule has 2 fully saturated rings. The number of likely N-dealkylation sites (tertiary alicyclic amines) is 1. The van der Waals surface area contributed by atoms with E-state index in [4.69, 9.17) is 9.16 Å². The molecule has 1 aliphatic heterocycles. The van der Waals surface area contributed by atoms with Gasteiger partial charge in [0.25, 0.3) is 0 Å². The molecule has 2 unspecified atom stereocenters. The summed E-state index contributed by atoms with van der Waals surface area (Å²) in [5, 5.41) is 0. The molecule has 0 aromatic heterocycles. The number of rotatable bonds is 3. The zero-order valence-corrected chi connectivity index (χ0v) is 12.3. The predicted octanol–water partition coefficient (Wildman–Crippen LogP) is 2.46. The van der Waals surface area contributed by atoms with Gasteiger partial charge in [-0.2, -0.15) is 0 Å². The van der Waals surface area contributed by atoms with Crippen molar-refractivity contribution in [3.05, 3.63) is 0 Å². The van der Waals surface area contributed by atoms with Gasteiger partial charge in [-0.25, -0.2) is 4.79 Å². The van der Waals surface area contributed by atoms with E-state index < -0.39 is 8.32 Å². The van der Waals surface area contributed by atoms with Crippen molar-refractivity contribution in [1.29, 1.82) is 0 Å². The summed E-state index contributed by atoms with van der Waals surface area (Å²) in [5.41, 5.74) is 0.105. The summed E-state index contributed by atoms with van der Waals surface area (Å²) in [5.74, 6) is 0.535. The van der Waals surface area contributed by atoms with Crippen molar-refractivity contribution in [2.45, 2.75) is 45.0 Å². The van der Waals surface area contributed by atoms with Crippen LogP contribution in [0.25, 0.3) is 0 Å². The van der Waals surface area contributed by atoms with E-state index in [1.165, 1.54) is 0 Å². The van der Waals surface area contributed by atoms with Gasteiger partial charge in [-0.15, -0.1) is 0 Å². The molecule has 0 radical (unpaired) electrons. The van der Waals surface area contributed by atoms with Crippen molar-refractivity contribution in [2.75, 3.05) is 19.7 Å². The molecule has 5 heteroatoms.